The average Bonchev–Trinajstić information content (AvgIpc) is 2.55. The Morgan fingerprint density at radius 3 is 2.31 bits per heavy atom. The zero-order valence-corrected chi connectivity index (χ0v) is 15.3. The molecule has 1 aromatic carbocycles. The van der Waals surface area contributed by atoms with E-state index in [1.807, 2.05) is 6.07 Å². The lowest BCUT2D eigenvalue weighted by atomic mass is 9.95. The largest absolute Gasteiger partial charge is 0.479 e. The number of benzene rings is 1. The van der Waals surface area contributed by atoms with Gasteiger partial charge >= 0.3 is 18.0 Å². The molecule has 0 aliphatic rings. The van der Waals surface area contributed by atoms with Crippen LogP contribution in [0.5, 0.6) is 0 Å². The maximum absolute atomic E-state index is 12.2. The lowest BCUT2D eigenvalue weighted by molar-refractivity contribution is -0.162. The van der Waals surface area contributed by atoms with E-state index in [9.17, 15) is 19.5 Å². The van der Waals surface area contributed by atoms with Crippen molar-refractivity contribution < 1.29 is 29.0 Å². The van der Waals surface area contributed by atoms with Gasteiger partial charge in [-0.1, -0.05) is 30.3 Å². The molecule has 0 heterocycles. The number of carboxylic acid groups (broad SMARTS) is 1. The number of ether oxygens (including phenoxy) is 2. The molecule has 1 aromatic rings. The van der Waals surface area contributed by atoms with Crippen molar-refractivity contribution in [2.45, 2.75) is 51.4 Å². The summed E-state index contributed by atoms with van der Waals surface area (Å²) in [5, 5.41) is 11.8. The van der Waals surface area contributed by atoms with Crippen molar-refractivity contribution in [1.82, 2.24) is 5.32 Å². The fourth-order valence-electron chi connectivity index (χ4n) is 2.02. The number of carboxylic acids is 1. The van der Waals surface area contributed by atoms with Gasteiger partial charge in [0.2, 0.25) is 5.54 Å². The lowest BCUT2D eigenvalue weighted by Gasteiger charge is -2.23. The van der Waals surface area contributed by atoms with Crippen molar-refractivity contribution in [2.75, 3.05) is 6.54 Å². The molecule has 144 valence electrons. The molecule has 0 aliphatic heterocycles. The normalized spacial score (nSPS) is 13.4. The van der Waals surface area contributed by atoms with E-state index in [1.165, 1.54) is 0 Å². The van der Waals surface area contributed by atoms with E-state index in [1.54, 1.807) is 45.0 Å². The first-order valence-electron chi connectivity index (χ1n) is 8.25. The summed E-state index contributed by atoms with van der Waals surface area (Å²) >= 11 is 0. The Balaban J connectivity index is 2.51. The fourth-order valence-corrected chi connectivity index (χ4v) is 2.02. The van der Waals surface area contributed by atoms with Gasteiger partial charge in [-0.25, -0.2) is 14.4 Å². The lowest BCUT2D eigenvalue weighted by Crippen LogP contribution is -2.56. The molecule has 26 heavy (non-hydrogen) atoms. The average molecular weight is 366 g/mol. The number of carbonyl (C=O) groups excluding carboxylic acids is 2. The van der Waals surface area contributed by atoms with Crippen LogP contribution in [0.25, 0.3) is 0 Å². The maximum atomic E-state index is 12.2. The minimum absolute atomic E-state index is 0.0674. The van der Waals surface area contributed by atoms with Crippen molar-refractivity contribution in [3.63, 3.8) is 0 Å². The number of aliphatic carboxylic acids is 1. The minimum Gasteiger partial charge on any atom is -0.479 e. The third-order valence-electron chi connectivity index (χ3n) is 3.37. The number of hydrogen-bond donors (Lipinski definition) is 3. The van der Waals surface area contributed by atoms with Gasteiger partial charge in [-0.05, 0) is 39.2 Å². The molecule has 0 spiro atoms. The van der Waals surface area contributed by atoms with Gasteiger partial charge in [-0.3, -0.25) is 0 Å². The Labute approximate surface area is 152 Å². The van der Waals surface area contributed by atoms with Gasteiger partial charge in [0.05, 0.1) is 0 Å². The molecule has 1 rings (SSSR count). The second-order valence-electron chi connectivity index (χ2n) is 6.87. The molecule has 0 saturated carbocycles. The summed E-state index contributed by atoms with van der Waals surface area (Å²) in [5.41, 5.74) is 3.66. The van der Waals surface area contributed by atoms with Gasteiger partial charge < -0.3 is 25.6 Å². The molecule has 0 fully saturated rings. The molecule has 1 atom stereocenters. The van der Waals surface area contributed by atoms with Crippen molar-refractivity contribution in [2.24, 2.45) is 5.73 Å². The van der Waals surface area contributed by atoms with Crippen LogP contribution in [0.2, 0.25) is 0 Å². The quantitative estimate of drug-likeness (QED) is 0.364. The number of amides is 1. The van der Waals surface area contributed by atoms with E-state index in [0.29, 0.717) is 0 Å². The molecule has 0 saturated heterocycles. The highest BCUT2D eigenvalue weighted by atomic mass is 16.6. The Kier molecular flexibility index (Phi) is 7.57. The highest BCUT2D eigenvalue weighted by Crippen LogP contribution is 2.14. The molecule has 0 unspecified atom stereocenters. The van der Waals surface area contributed by atoms with Crippen molar-refractivity contribution in [3.8, 4) is 0 Å². The van der Waals surface area contributed by atoms with Crippen molar-refractivity contribution in [3.05, 3.63) is 35.9 Å². The Hall–Kier alpha value is -2.61. The summed E-state index contributed by atoms with van der Waals surface area (Å²) in [6.07, 6.45) is -0.643. The van der Waals surface area contributed by atoms with Crippen LogP contribution < -0.4 is 11.1 Å². The number of carbonyl (C=O) groups is 3. The zero-order valence-electron chi connectivity index (χ0n) is 15.3. The number of esters is 1. The smallest absolute Gasteiger partial charge is 0.407 e. The van der Waals surface area contributed by atoms with Crippen LogP contribution in [0.3, 0.4) is 0 Å². The van der Waals surface area contributed by atoms with E-state index < -0.39 is 29.2 Å². The number of nitrogens with one attached hydrogen (secondary N) is 1. The molecular weight excluding hydrogens is 340 g/mol. The number of rotatable bonds is 8. The second-order valence-corrected chi connectivity index (χ2v) is 6.87. The first-order chi connectivity index (χ1) is 12.0. The molecule has 8 heteroatoms. The molecule has 8 nitrogen and oxygen atoms in total. The zero-order chi connectivity index (χ0) is 19.8. The van der Waals surface area contributed by atoms with Gasteiger partial charge in [-0.2, -0.15) is 0 Å². The van der Waals surface area contributed by atoms with E-state index in [4.69, 9.17) is 15.2 Å². The van der Waals surface area contributed by atoms with E-state index in [2.05, 4.69) is 5.32 Å². The first kappa shape index (κ1) is 21.4. The van der Waals surface area contributed by atoms with Crippen LogP contribution in [0.1, 0.15) is 39.2 Å². The third kappa shape index (κ3) is 7.10. The summed E-state index contributed by atoms with van der Waals surface area (Å²) < 4.78 is 10.1. The molecule has 4 N–H and O–H groups in total. The highest BCUT2D eigenvalue weighted by Gasteiger charge is 2.43. The maximum Gasteiger partial charge on any atom is 0.407 e. The topological polar surface area (TPSA) is 128 Å². The summed E-state index contributed by atoms with van der Waals surface area (Å²) in [6, 6.07) is 8.86. The number of alkyl carbamates (subject to hydrolysis) is 1. The predicted octanol–water partition coefficient (Wildman–Crippen LogP) is 1.82. The summed E-state index contributed by atoms with van der Waals surface area (Å²) in [7, 11) is 0. The van der Waals surface area contributed by atoms with Crippen LogP contribution in [-0.2, 0) is 25.7 Å². The Morgan fingerprint density at radius 1 is 1.15 bits per heavy atom. The van der Waals surface area contributed by atoms with Crippen LogP contribution in [0.4, 0.5) is 4.79 Å². The molecule has 0 radical (unpaired) electrons. The molecular formula is C18H26N2O6. The first-order valence-corrected chi connectivity index (χ1v) is 8.25. The van der Waals surface area contributed by atoms with Crippen molar-refractivity contribution in [1.29, 1.82) is 0 Å². The summed E-state index contributed by atoms with van der Waals surface area (Å²) in [6.45, 7) is 5.23. The second kappa shape index (κ2) is 9.19. The Bertz CT molecular complexity index is 626. The molecule has 0 aromatic heterocycles. The van der Waals surface area contributed by atoms with Gasteiger partial charge in [0.1, 0.15) is 12.2 Å². The molecule has 0 aliphatic carbocycles. The predicted molar refractivity (Wildman–Crippen MR) is 94.3 cm³/mol. The monoisotopic (exact) mass is 366 g/mol. The summed E-state index contributed by atoms with van der Waals surface area (Å²) in [5.74, 6) is -2.50. The van der Waals surface area contributed by atoms with Crippen LogP contribution in [-0.4, -0.2) is 40.8 Å². The van der Waals surface area contributed by atoms with Gasteiger partial charge in [0.15, 0.2) is 0 Å². The third-order valence-corrected chi connectivity index (χ3v) is 3.37. The van der Waals surface area contributed by atoms with E-state index in [0.717, 1.165) is 5.56 Å². The van der Waals surface area contributed by atoms with Gasteiger partial charge in [0, 0.05) is 6.54 Å². The molecule has 1 amide bonds. The number of hydrogen-bond acceptors (Lipinski definition) is 6. The van der Waals surface area contributed by atoms with E-state index >= 15 is 0 Å². The number of nitrogens with two attached hydrogens (primary N) is 1. The van der Waals surface area contributed by atoms with Crippen molar-refractivity contribution >= 4 is 18.0 Å². The Morgan fingerprint density at radius 2 is 1.77 bits per heavy atom. The van der Waals surface area contributed by atoms with Gasteiger partial charge in [0.25, 0.3) is 0 Å². The van der Waals surface area contributed by atoms with Crippen LogP contribution in [0, 0.1) is 0 Å². The minimum atomic E-state index is -2.18. The van der Waals surface area contributed by atoms with Gasteiger partial charge in [-0.15, -0.1) is 0 Å². The summed E-state index contributed by atoms with van der Waals surface area (Å²) in [4.78, 5) is 35.1. The molecule has 0 bridgehead atoms. The van der Waals surface area contributed by atoms with Crippen LogP contribution in [0.15, 0.2) is 30.3 Å². The SMILES string of the molecule is CC(C)(C)OC(=O)NCCC[C@@](N)(C(=O)O)C(=O)OCc1ccccc1. The highest BCUT2D eigenvalue weighted by molar-refractivity contribution is 6.03. The van der Waals surface area contributed by atoms with Crippen LogP contribution >= 0.6 is 0 Å². The fraction of sp³-hybridized carbons (Fsp3) is 0.500. The standard InChI is InChI=1S/C18H26N2O6/c1-17(2,3)26-16(24)20-11-7-10-18(19,14(21)22)15(23)25-12-13-8-5-4-6-9-13/h4-6,8-9H,7,10-12,19H2,1-3H3,(H,20,24)(H,21,22)/t18-/m1/s1. The van der Waals surface area contributed by atoms with E-state index in [-0.39, 0.29) is 26.0 Å².